The Balaban J connectivity index is 1.54. The molecule has 2 aliphatic rings. The average Bonchev–Trinajstić information content (AvgIpc) is 3.45. The first kappa shape index (κ1) is 26.5. The van der Waals surface area contributed by atoms with E-state index in [1.54, 1.807) is 0 Å². The summed E-state index contributed by atoms with van der Waals surface area (Å²) in [5, 5.41) is 23.6. The van der Waals surface area contributed by atoms with Crippen molar-refractivity contribution in [2.24, 2.45) is 11.8 Å². The number of aliphatic hydroxyl groups is 1. The standard InChI is InChI=1S/C32H32N2O5/c1-3-22-11-8-12-23(4-2)28(22)34-29(36)25-26(30(34)37)32(19-35,31(38)39)33-27(25)24-17-15-21(16-18-24)14-13-20-9-6-5-7-10-20/h5-18,25-27,33,35H,3-4,19H2,1-2H3,(H,38,39)/b14-13+. The molecule has 5 rings (SSSR count). The van der Waals surface area contributed by atoms with E-state index in [1.165, 1.54) is 4.90 Å². The van der Waals surface area contributed by atoms with Gasteiger partial charge in [-0.1, -0.05) is 98.8 Å². The number of carboxylic acid groups (broad SMARTS) is 1. The number of benzene rings is 3. The lowest BCUT2D eigenvalue weighted by atomic mass is 9.79. The number of hydrogen-bond acceptors (Lipinski definition) is 5. The molecule has 0 radical (unpaired) electrons. The fraction of sp³-hybridized carbons (Fsp3) is 0.281. The third-order valence-electron chi connectivity index (χ3n) is 8.04. The lowest BCUT2D eigenvalue weighted by Crippen LogP contribution is -2.58. The number of rotatable bonds is 8. The number of nitrogens with one attached hydrogen (secondary N) is 1. The van der Waals surface area contributed by atoms with Gasteiger partial charge in [0.05, 0.1) is 24.1 Å². The summed E-state index contributed by atoms with van der Waals surface area (Å²) in [6.45, 7) is 3.09. The first-order valence-electron chi connectivity index (χ1n) is 13.3. The van der Waals surface area contributed by atoms with Crippen LogP contribution in [0.1, 0.15) is 47.7 Å². The normalized spacial score (nSPS) is 24.5. The molecule has 4 atom stereocenters. The Labute approximate surface area is 227 Å². The Kier molecular flexibility index (Phi) is 7.21. The third kappa shape index (κ3) is 4.37. The molecule has 7 nitrogen and oxygen atoms in total. The Morgan fingerprint density at radius 3 is 2.00 bits per heavy atom. The zero-order chi connectivity index (χ0) is 27.7. The highest BCUT2D eigenvalue weighted by Gasteiger charge is 2.68. The van der Waals surface area contributed by atoms with Gasteiger partial charge in [-0.05, 0) is 40.7 Å². The van der Waals surface area contributed by atoms with Gasteiger partial charge < -0.3 is 10.2 Å². The third-order valence-corrected chi connectivity index (χ3v) is 8.04. The van der Waals surface area contributed by atoms with Gasteiger partial charge in [-0.15, -0.1) is 0 Å². The molecule has 0 bridgehead atoms. The van der Waals surface area contributed by atoms with Gasteiger partial charge in [0.1, 0.15) is 0 Å². The molecule has 2 aliphatic heterocycles. The van der Waals surface area contributed by atoms with Gasteiger partial charge in [0.15, 0.2) is 5.54 Å². The number of nitrogens with zero attached hydrogens (tertiary/aromatic N) is 1. The topological polar surface area (TPSA) is 107 Å². The Morgan fingerprint density at radius 1 is 0.872 bits per heavy atom. The summed E-state index contributed by atoms with van der Waals surface area (Å²) in [6.07, 6.45) is 5.19. The van der Waals surface area contributed by atoms with E-state index >= 15 is 0 Å². The Bertz CT molecular complexity index is 1410. The summed E-state index contributed by atoms with van der Waals surface area (Å²) in [6, 6.07) is 22.3. The Hall–Kier alpha value is -4.07. The minimum atomic E-state index is -1.98. The monoisotopic (exact) mass is 524 g/mol. The van der Waals surface area contributed by atoms with Crippen LogP contribution in [0.5, 0.6) is 0 Å². The van der Waals surface area contributed by atoms with Crippen LogP contribution in [0.2, 0.25) is 0 Å². The van der Waals surface area contributed by atoms with Gasteiger partial charge in [-0.25, -0.2) is 4.90 Å². The number of imide groups is 1. The summed E-state index contributed by atoms with van der Waals surface area (Å²) in [5.41, 5.74) is 2.94. The van der Waals surface area contributed by atoms with Crippen molar-refractivity contribution in [2.45, 2.75) is 38.3 Å². The van der Waals surface area contributed by atoms with Crippen LogP contribution in [0.15, 0.2) is 72.8 Å². The van der Waals surface area contributed by atoms with Crippen LogP contribution < -0.4 is 10.2 Å². The molecular formula is C32H32N2O5. The second kappa shape index (κ2) is 10.6. The smallest absolute Gasteiger partial charge is 0.327 e. The molecule has 39 heavy (non-hydrogen) atoms. The number of amides is 2. The van der Waals surface area contributed by atoms with Crippen LogP contribution in [0, 0.1) is 11.8 Å². The number of aryl methyl sites for hydroxylation is 2. The fourth-order valence-electron chi connectivity index (χ4n) is 5.99. The molecule has 3 aromatic carbocycles. The van der Waals surface area contributed by atoms with E-state index in [0.29, 0.717) is 24.1 Å². The molecule has 3 N–H and O–H groups in total. The van der Waals surface area contributed by atoms with Gasteiger partial charge in [-0.2, -0.15) is 0 Å². The molecular weight excluding hydrogens is 492 g/mol. The number of aliphatic hydroxyl groups excluding tert-OH is 1. The van der Waals surface area contributed by atoms with Gasteiger partial charge in [0.25, 0.3) is 0 Å². The maximum Gasteiger partial charge on any atom is 0.327 e. The molecule has 2 amide bonds. The predicted molar refractivity (Wildman–Crippen MR) is 150 cm³/mol. The molecule has 4 unspecified atom stereocenters. The predicted octanol–water partition coefficient (Wildman–Crippen LogP) is 4.25. The van der Waals surface area contributed by atoms with Crippen LogP contribution in [0.25, 0.3) is 12.2 Å². The van der Waals surface area contributed by atoms with Crippen molar-refractivity contribution >= 4 is 35.6 Å². The van der Waals surface area contributed by atoms with Crippen molar-refractivity contribution in [3.63, 3.8) is 0 Å². The zero-order valence-electron chi connectivity index (χ0n) is 22.0. The number of hydrogen-bond donors (Lipinski definition) is 3. The molecule has 2 saturated heterocycles. The SMILES string of the molecule is CCc1cccc(CC)c1N1C(=O)C2C(c3ccc(/C=C/c4ccccc4)cc3)NC(CO)(C(=O)O)C2C1=O. The summed E-state index contributed by atoms with van der Waals surface area (Å²) >= 11 is 0. The number of anilines is 1. The van der Waals surface area contributed by atoms with Crippen molar-refractivity contribution in [1.29, 1.82) is 0 Å². The van der Waals surface area contributed by atoms with E-state index in [9.17, 15) is 24.6 Å². The van der Waals surface area contributed by atoms with Crippen molar-refractivity contribution in [1.82, 2.24) is 5.32 Å². The van der Waals surface area contributed by atoms with Crippen LogP contribution >= 0.6 is 0 Å². The van der Waals surface area contributed by atoms with E-state index in [1.807, 2.05) is 98.8 Å². The number of carbonyl (C=O) groups is 3. The minimum absolute atomic E-state index is 0.442. The molecule has 0 saturated carbocycles. The number of carboxylic acids is 1. The fourth-order valence-corrected chi connectivity index (χ4v) is 5.99. The van der Waals surface area contributed by atoms with E-state index in [0.717, 1.165) is 22.3 Å². The van der Waals surface area contributed by atoms with Crippen LogP contribution in [-0.4, -0.2) is 40.1 Å². The largest absolute Gasteiger partial charge is 0.480 e. The van der Waals surface area contributed by atoms with Gasteiger partial charge in [0.2, 0.25) is 11.8 Å². The lowest BCUT2D eigenvalue weighted by molar-refractivity contribution is -0.150. The summed E-state index contributed by atoms with van der Waals surface area (Å²) in [4.78, 5) is 41.8. The lowest BCUT2D eigenvalue weighted by Gasteiger charge is -2.30. The maximum absolute atomic E-state index is 14.0. The van der Waals surface area contributed by atoms with Crippen LogP contribution in [-0.2, 0) is 27.2 Å². The molecule has 200 valence electrons. The highest BCUT2D eigenvalue weighted by Crippen LogP contribution is 2.50. The van der Waals surface area contributed by atoms with Crippen molar-refractivity contribution in [2.75, 3.05) is 11.5 Å². The molecule has 7 heteroatoms. The van der Waals surface area contributed by atoms with Crippen molar-refractivity contribution in [3.8, 4) is 0 Å². The number of para-hydroxylation sites is 1. The van der Waals surface area contributed by atoms with Gasteiger partial charge in [0, 0.05) is 6.04 Å². The zero-order valence-corrected chi connectivity index (χ0v) is 22.0. The minimum Gasteiger partial charge on any atom is -0.480 e. The number of aliphatic carboxylic acids is 1. The second-order valence-corrected chi connectivity index (χ2v) is 10.1. The molecule has 0 aromatic heterocycles. The first-order chi connectivity index (χ1) is 18.9. The number of fused-ring (bicyclic) bond motifs is 1. The first-order valence-corrected chi connectivity index (χ1v) is 13.3. The summed E-state index contributed by atoms with van der Waals surface area (Å²) < 4.78 is 0. The Morgan fingerprint density at radius 2 is 1.46 bits per heavy atom. The summed E-state index contributed by atoms with van der Waals surface area (Å²) in [7, 11) is 0. The highest BCUT2D eigenvalue weighted by atomic mass is 16.4. The molecule has 3 aromatic rings. The quantitative estimate of drug-likeness (QED) is 0.301. The number of carbonyl (C=O) groups excluding carboxylic acids is 2. The van der Waals surface area contributed by atoms with Crippen molar-refractivity contribution in [3.05, 3.63) is 101 Å². The van der Waals surface area contributed by atoms with Crippen LogP contribution in [0.4, 0.5) is 5.69 Å². The van der Waals surface area contributed by atoms with E-state index < -0.39 is 47.8 Å². The summed E-state index contributed by atoms with van der Waals surface area (Å²) in [5.74, 6) is -4.60. The molecule has 0 spiro atoms. The average molecular weight is 525 g/mol. The maximum atomic E-state index is 14.0. The molecule has 2 fully saturated rings. The van der Waals surface area contributed by atoms with E-state index in [2.05, 4.69) is 5.32 Å². The van der Waals surface area contributed by atoms with Crippen LogP contribution in [0.3, 0.4) is 0 Å². The molecule has 2 heterocycles. The van der Waals surface area contributed by atoms with Gasteiger partial charge in [-0.3, -0.25) is 19.7 Å². The highest BCUT2D eigenvalue weighted by molar-refractivity contribution is 6.25. The second-order valence-electron chi connectivity index (χ2n) is 10.1. The molecule has 0 aliphatic carbocycles. The van der Waals surface area contributed by atoms with Crippen molar-refractivity contribution < 1.29 is 24.6 Å². The van der Waals surface area contributed by atoms with E-state index in [-0.39, 0.29) is 0 Å². The van der Waals surface area contributed by atoms with Gasteiger partial charge >= 0.3 is 5.97 Å². The van der Waals surface area contributed by atoms with E-state index in [4.69, 9.17) is 0 Å².